The summed E-state index contributed by atoms with van der Waals surface area (Å²) >= 11 is 0. The predicted molar refractivity (Wildman–Crippen MR) is 118 cm³/mol. The van der Waals surface area contributed by atoms with Crippen LogP contribution in [0.15, 0.2) is 24.3 Å². The third-order valence-corrected chi connectivity index (χ3v) is 6.89. The van der Waals surface area contributed by atoms with E-state index in [0.717, 1.165) is 53.0 Å². The highest BCUT2D eigenvalue weighted by Gasteiger charge is 2.44. The van der Waals surface area contributed by atoms with E-state index in [2.05, 4.69) is 0 Å². The molecule has 0 aromatic heterocycles. The van der Waals surface area contributed by atoms with E-state index < -0.39 is 37.1 Å². The molecule has 0 bridgehead atoms. The van der Waals surface area contributed by atoms with E-state index in [0.29, 0.717) is 6.42 Å². The minimum atomic E-state index is -1.40. The van der Waals surface area contributed by atoms with Crippen LogP contribution in [0.4, 0.5) is 0 Å². The third-order valence-electron chi connectivity index (χ3n) is 6.89. The molecular formula is C25H32O7. The summed E-state index contributed by atoms with van der Waals surface area (Å²) in [6, 6.07) is 7.80. The first kappa shape index (κ1) is 23.0. The first-order chi connectivity index (χ1) is 15.4. The topological polar surface area (TPSA) is 109 Å². The number of benzene rings is 2. The quantitative estimate of drug-likeness (QED) is 0.536. The van der Waals surface area contributed by atoms with Crippen LogP contribution in [0.3, 0.4) is 0 Å². The van der Waals surface area contributed by atoms with Gasteiger partial charge in [-0.15, -0.1) is 0 Å². The van der Waals surface area contributed by atoms with E-state index in [9.17, 15) is 20.4 Å². The van der Waals surface area contributed by atoms with Gasteiger partial charge in [0.15, 0.2) is 0 Å². The molecule has 0 saturated carbocycles. The highest BCUT2D eigenvalue weighted by Crippen LogP contribution is 2.40. The Balaban J connectivity index is 1.76. The maximum Gasteiger partial charge on any atom is 0.126 e. The molecule has 1 aliphatic heterocycles. The molecule has 0 spiro atoms. The van der Waals surface area contributed by atoms with Crippen LogP contribution in [0.5, 0.6) is 11.5 Å². The van der Waals surface area contributed by atoms with Crippen molar-refractivity contribution in [3.8, 4) is 11.5 Å². The van der Waals surface area contributed by atoms with Gasteiger partial charge >= 0.3 is 0 Å². The zero-order valence-electron chi connectivity index (χ0n) is 18.7. The van der Waals surface area contributed by atoms with Gasteiger partial charge in [0.1, 0.15) is 42.0 Å². The van der Waals surface area contributed by atoms with Gasteiger partial charge in [0.05, 0.1) is 20.8 Å². The van der Waals surface area contributed by atoms with E-state index in [1.165, 1.54) is 11.1 Å². The van der Waals surface area contributed by atoms with Crippen LogP contribution >= 0.6 is 0 Å². The number of aliphatic hydroxyl groups is 4. The minimum Gasteiger partial charge on any atom is -0.497 e. The van der Waals surface area contributed by atoms with E-state index >= 15 is 0 Å². The number of aliphatic hydroxyl groups excluding tert-OH is 4. The van der Waals surface area contributed by atoms with Crippen LogP contribution in [-0.4, -0.2) is 65.7 Å². The van der Waals surface area contributed by atoms with Gasteiger partial charge in [-0.2, -0.15) is 0 Å². The van der Waals surface area contributed by atoms with Crippen LogP contribution in [0.2, 0.25) is 0 Å². The summed E-state index contributed by atoms with van der Waals surface area (Å²) < 4.78 is 16.8. The summed E-state index contributed by atoms with van der Waals surface area (Å²) in [7, 11) is 3.26. The lowest BCUT2D eigenvalue weighted by Gasteiger charge is -2.41. The second-order valence-corrected chi connectivity index (χ2v) is 8.66. The Hall–Kier alpha value is -2.16. The number of rotatable bonds is 6. The van der Waals surface area contributed by atoms with Crippen LogP contribution in [0.1, 0.15) is 45.9 Å². The Morgan fingerprint density at radius 1 is 0.938 bits per heavy atom. The van der Waals surface area contributed by atoms with Crippen molar-refractivity contribution in [2.75, 3.05) is 20.8 Å². The van der Waals surface area contributed by atoms with Crippen molar-refractivity contribution in [1.29, 1.82) is 0 Å². The predicted octanol–water partition coefficient (Wildman–Crippen LogP) is 1.61. The lowest BCUT2D eigenvalue weighted by molar-refractivity contribution is -0.231. The van der Waals surface area contributed by atoms with Crippen molar-refractivity contribution in [3.05, 3.63) is 57.6 Å². The van der Waals surface area contributed by atoms with Crippen molar-refractivity contribution in [1.82, 2.24) is 0 Å². The van der Waals surface area contributed by atoms with Crippen LogP contribution in [0.25, 0.3) is 0 Å². The maximum atomic E-state index is 10.7. The van der Waals surface area contributed by atoms with Crippen molar-refractivity contribution in [2.45, 2.75) is 63.1 Å². The van der Waals surface area contributed by atoms with Gasteiger partial charge < -0.3 is 34.6 Å². The molecule has 0 radical (unpaired) electrons. The minimum absolute atomic E-state index is 0.443. The summed E-state index contributed by atoms with van der Waals surface area (Å²) in [4.78, 5) is 0. The monoisotopic (exact) mass is 444 g/mol. The zero-order chi connectivity index (χ0) is 23.0. The summed E-state index contributed by atoms with van der Waals surface area (Å²) in [6.45, 7) is 1.57. The molecule has 7 heteroatoms. The van der Waals surface area contributed by atoms with Crippen LogP contribution in [-0.2, 0) is 24.0 Å². The fraction of sp³-hybridized carbons (Fsp3) is 0.520. The normalized spacial score (nSPS) is 27.3. The van der Waals surface area contributed by atoms with E-state index in [1.807, 2.05) is 31.2 Å². The Labute approximate surface area is 188 Å². The number of hydrogen-bond donors (Lipinski definition) is 4. The van der Waals surface area contributed by atoms with Gasteiger partial charge in [-0.05, 0) is 65.6 Å². The van der Waals surface area contributed by atoms with E-state index in [4.69, 9.17) is 14.2 Å². The molecule has 1 aliphatic carbocycles. The second kappa shape index (κ2) is 9.37. The summed E-state index contributed by atoms with van der Waals surface area (Å²) in [5.74, 6) is 1.47. The standard InChI is InChI=1S/C25H32O7/c1-13-17-5-4-6-18(17)15(9-14-7-8-16(30-2)11-20(14)31-3)10-19(13)25-24(29)23(28)22(27)21(12-26)32-25/h7-8,10-11,21-29H,4-6,9,12H2,1-3H3. The molecule has 2 aromatic rings. The first-order valence-electron chi connectivity index (χ1n) is 11.0. The molecular weight excluding hydrogens is 412 g/mol. The fourth-order valence-electron chi connectivity index (χ4n) is 5.08. The molecule has 7 nitrogen and oxygen atoms in total. The van der Waals surface area contributed by atoms with E-state index in [-0.39, 0.29) is 0 Å². The molecule has 4 rings (SSSR count). The van der Waals surface area contributed by atoms with Crippen LogP contribution < -0.4 is 9.47 Å². The Morgan fingerprint density at radius 3 is 2.38 bits per heavy atom. The Bertz CT molecular complexity index is 971. The molecule has 2 aliphatic rings. The first-order valence-corrected chi connectivity index (χ1v) is 11.0. The Morgan fingerprint density at radius 2 is 1.69 bits per heavy atom. The van der Waals surface area contributed by atoms with Gasteiger partial charge in [0.25, 0.3) is 0 Å². The molecule has 5 unspecified atom stereocenters. The lowest BCUT2D eigenvalue weighted by Crippen LogP contribution is -2.55. The molecule has 4 N–H and O–H groups in total. The van der Waals surface area contributed by atoms with Crippen molar-refractivity contribution >= 4 is 0 Å². The largest absolute Gasteiger partial charge is 0.497 e. The van der Waals surface area contributed by atoms with Crippen molar-refractivity contribution in [2.24, 2.45) is 0 Å². The number of ether oxygens (including phenoxy) is 3. The summed E-state index contributed by atoms with van der Waals surface area (Å²) in [6.07, 6.45) is -2.22. The number of hydrogen-bond acceptors (Lipinski definition) is 7. The molecule has 174 valence electrons. The molecule has 32 heavy (non-hydrogen) atoms. The molecule has 2 aromatic carbocycles. The summed E-state index contributed by atoms with van der Waals surface area (Å²) in [5, 5.41) is 40.8. The molecule has 1 heterocycles. The SMILES string of the molecule is COc1ccc(Cc2cc(C3OC(CO)C(O)C(O)C3O)c(C)c3c2CCC3)c(OC)c1. The third kappa shape index (κ3) is 4.00. The van der Waals surface area contributed by atoms with Gasteiger partial charge in [0.2, 0.25) is 0 Å². The zero-order valence-corrected chi connectivity index (χ0v) is 18.7. The highest BCUT2D eigenvalue weighted by molar-refractivity contribution is 5.52. The second-order valence-electron chi connectivity index (χ2n) is 8.66. The summed E-state index contributed by atoms with van der Waals surface area (Å²) in [5.41, 5.74) is 6.53. The van der Waals surface area contributed by atoms with Crippen molar-refractivity contribution in [3.63, 3.8) is 0 Å². The van der Waals surface area contributed by atoms with Gasteiger partial charge in [0, 0.05) is 12.5 Å². The molecule has 0 amide bonds. The van der Waals surface area contributed by atoms with Crippen LogP contribution in [0, 0.1) is 6.92 Å². The number of fused-ring (bicyclic) bond motifs is 1. The molecule has 5 atom stereocenters. The van der Waals surface area contributed by atoms with Gasteiger partial charge in [-0.1, -0.05) is 12.1 Å². The fourth-order valence-corrected chi connectivity index (χ4v) is 5.08. The van der Waals surface area contributed by atoms with Crippen molar-refractivity contribution < 1.29 is 34.6 Å². The van der Waals surface area contributed by atoms with Gasteiger partial charge in [-0.25, -0.2) is 0 Å². The van der Waals surface area contributed by atoms with E-state index in [1.54, 1.807) is 14.2 Å². The smallest absolute Gasteiger partial charge is 0.126 e. The maximum absolute atomic E-state index is 10.7. The molecule has 1 fully saturated rings. The van der Waals surface area contributed by atoms with Gasteiger partial charge in [-0.3, -0.25) is 0 Å². The molecule has 1 saturated heterocycles. The highest BCUT2D eigenvalue weighted by atomic mass is 16.5. The lowest BCUT2D eigenvalue weighted by atomic mass is 9.84. The number of methoxy groups -OCH3 is 2. The average Bonchev–Trinajstić information content (AvgIpc) is 3.31. The average molecular weight is 445 g/mol. The Kier molecular flexibility index (Phi) is 6.74.